The van der Waals surface area contributed by atoms with Gasteiger partial charge in [0.1, 0.15) is 0 Å². The van der Waals surface area contributed by atoms with Crippen LogP contribution in [0.15, 0.2) is 66.7 Å². The van der Waals surface area contributed by atoms with E-state index in [-0.39, 0.29) is 11.9 Å². The van der Waals surface area contributed by atoms with Crippen molar-refractivity contribution in [1.82, 2.24) is 5.32 Å². The molecule has 0 unspecified atom stereocenters. The predicted octanol–water partition coefficient (Wildman–Crippen LogP) is 5.82. The lowest BCUT2D eigenvalue weighted by atomic mass is 10.1. The second kappa shape index (κ2) is 8.32. The second-order valence-electron chi connectivity index (χ2n) is 6.07. The third kappa shape index (κ3) is 4.94. The van der Waals surface area contributed by atoms with Crippen LogP contribution in [0, 0.1) is 0 Å². The highest BCUT2D eigenvalue weighted by Gasteiger charge is 2.13. The largest absolute Gasteiger partial charge is 0.349 e. The van der Waals surface area contributed by atoms with Crippen LogP contribution in [0.1, 0.15) is 28.6 Å². The summed E-state index contributed by atoms with van der Waals surface area (Å²) in [4.78, 5) is 14.2. The minimum Gasteiger partial charge on any atom is -0.349 e. The van der Waals surface area contributed by atoms with Crippen LogP contribution in [-0.2, 0) is 6.42 Å². The molecule has 3 rings (SSSR count). The summed E-state index contributed by atoms with van der Waals surface area (Å²) >= 11 is 7.53. The summed E-state index contributed by atoms with van der Waals surface area (Å²) in [5.74, 6) is -0.0150. The number of halogens is 1. The van der Waals surface area contributed by atoms with Crippen LogP contribution >= 0.6 is 22.9 Å². The summed E-state index contributed by atoms with van der Waals surface area (Å²) in [5, 5.41) is 3.79. The third-order valence-electron chi connectivity index (χ3n) is 4.03. The Morgan fingerprint density at radius 1 is 1.08 bits per heavy atom. The molecule has 1 atom stereocenters. The van der Waals surface area contributed by atoms with Crippen molar-refractivity contribution < 1.29 is 4.79 Å². The molecule has 2 aromatic carbocycles. The highest BCUT2D eigenvalue weighted by Crippen LogP contribution is 2.29. The molecule has 0 aliphatic carbocycles. The van der Waals surface area contributed by atoms with E-state index < -0.39 is 0 Å². The molecular weight excluding hydrogens is 350 g/mol. The molecule has 1 N–H and O–H groups in total. The molecule has 0 saturated heterocycles. The van der Waals surface area contributed by atoms with Crippen molar-refractivity contribution in [3.63, 3.8) is 0 Å². The summed E-state index contributed by atoms with van der Waals surface area (Å²) in [6.45, 7) is 2.05. The van der Waals surface area contributed by atoms with E-state index in [2.05, 4.69) is 17.4 Å². The SMILES string of the molecule is C[C@@H](CCc1ccccc1)NC(=O)c1ccc(-c2cccc(Cl)c2)s1. The molecule has 1 amide bonds. The normalized spacial score (nSPS) is 11.9. The van der Waals surface area contributed by atoms with Crippen molar-refractivity contribution in [3.8, 4) is 10.4 Å². The summed E-state index contributed by atoms with van der Waals surface area (Å²) in [7, 11) is 0. The van der Waals surface area contributed by atoms with Gasteiger partial charge in [0, 0.05) is 15.9 Å². The third-order valence-corrected chi connectivity index (χ3v) is 5.39. The van der Waals surface area contributed by atoms with Crippen LogP contribution in [0.2, 0.25) is 5.02 Å². The van der Waals surface area contributed by atoms with E-state index in [0.29, 0.717) is 5.02 Å². The first kappa shape index (κ1) is 17.7. The molecule has 128 valence electrons. The predicted molar refractivity (Wildman–Crippen MR) is 106 cm³/mol. The lowest BCUT2D eigenvalue weighted by molar-refractivity contribution is 0.0942. The fourth-order valence-electron chi connectivity index (χ4n) is 2.65. The van der Waals surface area contributed by atoms with E-state index in [0.717, 1.165) is 28.2 Å². The van der Waals surface area contributed by atoms with Crippen LogP contribution in [0.3, 0.4) is 0 Å². The maximum Gasteiger partial charge on any atom is 0.261 e. The highest BCUT2D eigenvalue weighted by molar-refractivity contribution is 7.17. The Morgan fingerprint density at radius 2 is 1.88 bits per heavy atom. The second-order valence-corrected chi connectivity index (χ2v) is 7.59. The average Bonchev–Trinajstić information content (AvgIpc) is 3.11. The van der Waals surface area contributed by atoms with E-state index in [9.17, 15) is 4.79 Å². The van der Waals surface area contributed by atoms with Gasteiger partial charge < -0.3 is 5.32 Å². The van der Waals surface area contributed by atoms with Gasteiger partial charge in [-0.2, -0.15) is 0 Å². The van der Waals surface area contributed by atoms with Crippen molar-refractivity contribution >= 4 is 28.8 Å². The molecule has 0 bridgehead atoms. The average molecular weight is 370 g/mol. The Labute approximate surface area is 157 Å². The number of carbonyl (C=O) groups is 1. The topological polar surface area (TPSA) is 29.1 Å². The zero-order valence-corrected chi connectivity index (χ0v) is 15.6. The van der Waals surface area contributed by atoms with E-state index in [1.165, 1.54) is 16.9 Å². The van der Waals surface area contributed by atoms with Crippen LogP contribution in [0.25, 0.3) is 10.4 Å². The standard InChI is InChI=1S/C21H20ClNOS/c1-15(10-11-16-6-3-2-4-7-16)23-21(24)20-13-12-19(25-20)17-8-5-9-18(22)14-17/h2-9,12-15H,10-11H2,1H3,(H,23,24)/t15-/m0/s1. The lowest BCUT2D eigenvalue weighted by Crippen LogP contribution is -2.32. The molecule has 0 aliphatic heterocycles. The van der Waals surface area contributed by atoms with Gasteiger partial charge in [-0.05, 0) is 55.2 Å². The van der Waals surface area contributed by atoms with Gasteiger partial charge in [-0.1, -0.05) is 54.1 Å². The van der Waals surface area contributed by atoms with Crippen LogP contribution in [0.5, 0.6) is 0 Å². The first-order valence-corrected chi connectivity index (χ1v) is 9.52. The number of amides is 1. The zero-order chi connectivity index (χ0) is 17.6. The van der Waals surface area contributed by atoms with Crippen molar-refractivity contribution in [2.24, 2.45) is 0 Å². The molecule has 1 heterocycles. The number of hydrogen-bond donors (Lipinski definition) is 1. The first-order chi connectivity index (χ1) is 12.1. The molecular formula is C21H20ClNOS. The molecule has 0 radical (unpaired) electrons. The molecule has 1 aromatic heterocycles. The van der Waals surface area contributed by atoms with E-state index in [1.54, 1.807) is 0 Å². The van der Waals surface area contributed by atoms with Crippen LogP contribution < -0.4 is 5.32 Å². The number of rotatable bonds is 6. The van der Waals surface area contributed by atoms with Gasteiger partial charge >= 0.3 is 0 Å². The highest BCUT2D eigenvalue weighted by atomic mass is 35.5. The Balaban J connectivity index is 1.58. The number of thiophene rings is 1. The quantitative estimate of drug-likeness (QED) is 0.582. The number of nitrogens with one attached hydrogen (secondary N) is 1. The summed E-state index contributed by atoms with van der Waals surface area (Å²) in [6.07, 6.45) is 1.88. The summed E-state index contributed by atoms with van der Waals surface area (Å²) < 4.78 is 0. The van der Waals surface area contributed by atoms with E-state index in [4.69, 9.17) is 11.6 Å². The van der Waals surface area contributed by atoms with Crippen LogP contribution in [-0.4, -0.2) is 11.9 Å². The molecule has 3 aromatic rings. The fourth-order valence-corrected chi connectivity index (χ4v) is 3.75. The Kier molecular flexibility index (Phi) is 5.90. The maximum atomic E-state index is 12.5. The number of benzene rings is 2. The molecule has 0 aliphatic rings. The molecule has 2 nitrogen and oxygen atoms in total. The molecule has 4 heteroatoms. The van der Waals surface area contributed by atoms with Gasteiger partial charge in [0.25, 0.3) is 5.91 Å². The minimum atomic E-state index is -0.0150. The zero-order valence-electron chi connectivity index (χ0n) is 14.0. The fraction of sp³-hybridized carbons (Fsp3) is 0.190. The van der Waals surface area contributed by atoms with Crippen molar-refractivity contribution in [1.29, 1.82) is 0 Å². The number of carbonyl (C=O) groups excluding carboxylic acids is 1. The molecule has 0 saturated carbocycles. The first-order valence-electron chi connectivity index (χ1n) is 8.32. The van der Waals surface area contributed by atoms with Gasteiger partial charge in [-0.3, -0.25) is 4.79 Å². The van der Waals surface area contributed by atoms with Crippen LogP contribution in [0.4, 0.5) is 0 Å². The molecule has 25 heavy (non-hydrogen) atoms. The summed E-state index contributed by atoms with van der Waals surface area (Å²) in [6, 6.07) is 22.0. The Hall–Kier alpha value is -2.10. The summed E-state index contributed by atoms with van der Waals surface area (Å²) in [5.41, 5.74) is 2.33. The molecule has 0 fully saturated rings. The lowest BCUT2D eigenvalue weighted by Gasteiger charge is -2.13. The van der Waals surface area contributed by atoms with Crippen molar-refractivity contribution in [2.75, 3.05) is 0 Å². The van der Waals surface area contributed by atoms with Crippen molar-refractivity contribution in [2.45, 2.75) is 25.8 Å². The monoisotopic (exact) mass is 369 g/mol. The van der Waals surface area contributed by atoms with Crippen molar-refractivity contribution in [3.05, 3.63) is 82.2 Å². The minimum absolute atomic E-state index is 0.0150. The van der Waals surface area contributed by atoms with Gasteiger partial charge in [0.15, 0.2) is 0 Å². The van der Waals surface area contributed by atoms with Gasteiger partial charge in [-0.25, -0.2) is 0 Å². The maximum absolute atomic E-state index is 12.5. The van der Waals surface area contributed by atoms with Gasteiger partial charge in [0.2, 0.25) is 0 Å². The molecule has 0 spiro atoms. The van der Waals surface area contributed by atoms with Gasteiger partial charge in [0.05, 0.1) is 4.88 Å². The number of aryl methyl sites for hydroxylation is 1. The van der Waals surface area contributed by atoms with E-state index in [1.807, 2.05) is 61.5 Å². The van der Waals surface area contributed by atoms with E-state index >= 15 is 0 Å². The smallest absolute Gasteiger partial charge is 0.261 e. The number of hydrogen-bond acceptors (Lipinski definition) is 2. The van der Waals surface area contributed by atoms with Gasteiger partial charge in [-0.15, -0.1) is 11.3 Å². The Bertz CT molecular complexity index is 844. The Morgan fingerprint density at radius 3 is 2.64 bits per heavy atom.